The van der Waals surface area contributed by atoms with Crippen LogP contribution in [0.15, 0.2) is 4.79 Å². The molecular weight excluding hydrogens is 348 g/mol. The molecule has 8 heteroatoms. The summed E-state index contributed by atoms with van der Waals surface area (Å²) < 4.78 is 4.97. The highest BCUT2D eigenvalue weighted by atomic mass is 16.5. The fraction of sp³-hybridized carbons (Fsp3) is 0.684. The van der Waals surface area contributed by atoms with Crippen LogP contribution < -0.4 is 5.56 Å². The van der Waals surface area contributed by atoms with E-state index in [1.165, 1.54) is 0 Å². The van der Waals surface area contributed by atoms with Crippen molar-refractivity contribution in [2.75, 3.05) is 33.4 Å². The average Bonchev–Trinajstić information content (AvgIpc) is 3.41. The molecule has 2 amide bonds. The van der Waals surface area contributed by atoms with E-state index in [1.54, 1.807) is 7.11 Å². The highest BCUT2D eigenvalue weighted by Crippen LogP contribution is 2.32. The smallest absolute Gasteiger partial charge is 0.254 e. The Hall–Kier alpha value is -2.22. The lowest BCUT2D eigenvalue weighted by Crippen LogP contribution is -2.40. The summed E-state index contributed by atoms with van der Waals surface area (Å²) in [4.78, 5) is 48.4. The summed E-state index contributed by atoms with van der Waals surface area (Å²) in [6.45, 7) is 2.66. The molecule has 2 fully saturated rings. The van der Waals surface area contributed by atoms with Crippen LogP contribution >= 0.6 is 0 Å². The van der Waals surface area contributed by atoms with Gasteiger partial charge in [-0.15, -0.1) is 0 Å². The monoisotopic (exact) mass is 374 g/mol. The van der Waals surface area contributed by atoms with Crippen molar-refractivity contribution in [3.63, 3.8) is 0 Å². The van der Waals surface area contributed by atoms with Crippen molar-refractivity contribution >= 4 is 11.8 Å². The third-order valence-electron chi connectivity index (χ3n) is 5.78. The number of hydrogen-bond donors (Lipinski definition) is 1. The quantitative estimate of drug-likeness (QED) is 0.806. The van der Waals surface area contributed by atoms with Crippen LogP contribution in [0.2, 0.25) is 0 Å². The Morgan fingerprint density at radius 1 is 1.22 bits per heavy atom. The van der Waals surface area contributed by atoms with E-state index in [9.17, 15) is 14.4 Å². The lowest BCUT2D eigenvalue weighted by Gasteiger charge is -2.28. The standard InChI is InChI=1S/C19H26N4O4/c1-27-9-6-16(24)22-7-4-13(10-22)17-20-15-11-23(19(26)12-2-3-12)8-5-14(15)18(25)21-17/h12-13H,2-11H2,1H3,(H,20,21,25)/t13-/m1/s1. The number of fused-ring (bicyclic) bond motifs is 1. The minimum absolute atomic E-state index is 0.0315. The fourth-order valence-electron chi connectivity index (χ4n) is 3.99. The zero-order valence-corrected chi connectivity index (χ0v) is 15.7. The third-order valence-corrected chi connectivity index (χ3v) is 5.78. The summed E-state index contributed by atoms with van der Waals surface area (Å²) in [6.07, 6.45) is 3.67. The van der Waals surface area contributed by atoms with Crippen molar-refractivity contribution < 1.29 is 14.3 Å². The Morgan fingerprint density at radius 3 is 2.78 bits per heavy atom. The molecule has 1 saturated carbocycles. The van der Waals surface area contributed by atoms with Gasteiger partial charge in [-0.25, -0.2) is 4.98 Å². The number of ether oxygens (including phenoxy) is 1. The van der Waals surface area contributed by atoms with Crippen molar-refractivity contribution in [3.8, 4) is 0 Å². The zero-order valence-electron chi connectivity index (χ0n) is 15.7. The summed E-state index contributed by atoms with van der Waals surface area (Å²) in [7, 11) is 1.58. The topological polar surface area (TPSA) is 95.6 Å². The van der Waals surface area contributed by atoms with Crippen molar-refractivity contribution in [3.05, 3.63) is 27.4 Å². The summed E-state index contributed by atoms with van der Waals surface area (Å²) >= 11 is 0. The maximum Gasteiger partial charge on any atom is 0.254 e. The second-order valence-electron chi connectivity index (χ2n) is 7.73. The third kappa shape index (κ3) is 3.76. The number of nitrogens with one attached hydrogen (secondary N) is 1. The first-order valence-corrected chi connectivity index (χ1v) is 9.74. The molecule has 1 saturated heterocycles. The number of H-pyrrole nitrogens is 1. The minimum Gasteiger partial charge on any atom is -0.384 e. The molecule has 0 spiro atoms. The molecule has 8 nitrogen and oxygen atoms in total. The number of aromatic amines is 1. The van der Waals surface area contributed by atoms with E-state index < -0.39 is 0 Å². The van der Waals surface area contributed by atoms with Gasteiger partial charge in [0.2, 0.25) is 11.8 Å². The number of methoxy groups -OCH3 is 1. The molecule has 27 heavy (non-hydrogen) atoms. The van der Waals surface area contributed by atoms with Crippen molar-refractivity contribution in [1.82, 2.24) is 19.8 Å². The van der Waals surface area contributed by atoms with Gasteiger partial charge in [0.15, 0.2) is 0 Å². The molecule has 1 N–H and O–H groups in total. The Kier molecular flexibility index (Phi) is 4.99. The van der Waals surface area contributed by atoms with Crippen LogP contribution in [-0.2, 0) is 27.3 Å². The van der Waals surface area contributed by atoms with Gasteiger partial charge in [0.05, 0.1) is 25.3 Å². The first-order valence-electron chi connectivity index (χ1n) is 9.74. The van der Waals surface area contributed by atoms with E-state index in [1.807, 2.05) is 9.80 Å². The normalized spacial score (nSPS) is 22.0. The van der Waals surface area contributed by atoms with Gasteiger partial charge in [0.25, 0.3) is 5.56 Å². The lowest BCUT2D eigenvalue weighted by molar-refractivity contribution is -0.133. The maximum atomic E-state index is 12.5. The van der Waals surface area contributed by atoms with Gasteiger partial charge >= 0.3 is 0 Å². The molecule has 3 heterocycles. The molecule has 4 rings (SSSR count). The van der Waals surface area contributed by atoms with Crippen LogP contribution in [0, 0.1) is 5.92 Å². The number of aromatic nitrogens is 2. The second kappa shape index (κ2) is 7.42. The summed E-state index contributed by atoms with van der Waals surface area (Å²) in [5, 5.41) is 0. The van der Waals surface area contributed by atoms with E-state index in [0.717, 1.165) is 25.0 Å². The Labute approximate surface area is 157 Å². The van der Waals surface area contributed by atoms with Crippen LogP contribution in [0.4, 0.5) is 0 Å². The van der Waals surface area contributed by atoms with E-state index in [-0.39, 0.29) is 29.2 Å². The molecule has 2 aliphatic heterocycles. The van der Waals surface area contributed by atoms with E-state index in [4.69, 9.17) is 9.72 Å². The molecule has 0 aromatic carbocycles. The highest BCUT2D eigenvalue weighted by Gasteiger charge is 2.36. The number of hydrogen-bond acceptors (Lipinski definition) is 5. The maximum absolute atomic E-state index is 12.5. The summed E-state index contributed by atoms with van der Waals surface area (Å²) in [5.41, 5.74) is 1.32. The Balaban J connectivity index is 1.48. The molecule has 3 aliphatic rings. The summed E-state index contributed by atoms with van der Waals surface area (Å²) in [5.74, 6) is 1.11. The van der Waals surface area contributed by atoms with Crippen LogP contribution in [-0.4, -0.2) is 64.9 Å². The number of rotatable bonds is 5. The molecule has 146 valence electrons. The van der Waals surface area contributed by atoms with Crippen LogP contribution in [0.25, 0.3) is 0 Å². The Morgan fingerprint density at radius 2 is 2.04 bits per heavy atom. The number of carbonyl (C=O) groups excluding carboxylic acids is 2. The lowest BCUT2D eigenvalue weighted by atomic mass is 10.0. The van der Waals surface area contributed by atoms with Gasteiger partial charge < -0.3 is 19.5 Å². The number of amides is 2. The molecule has 0 bridgehead atoms. The predicted octanol–water partition coefficient (Wildman–Crippen LogP) is 0.417. The van der Waals surface area contributed by atoms with Gasteiger partial charge in [-0.2, -0.15) is 0 Å². The molecule has 1 atom stereocenters. The first-order chi connectivity index (χ1) is 13.1. The summed E-state index contributed by atoms with van der Waals surface area (Å²) in [6, 6.07) is 0. The Bertz CT molecular complexity index is 801. The number of likely N-dealkylation sites (tertiary alicyclic amines) is 1. The molecular formula is C19H26N4O4. The first kappa shape index (κ1) is 18.2. The van der Waals surface area contributed by atoms with Gasteiger partial charge in [0, 0.05) is 44.1 Å². The molecule has 0 radical (unpaired) electrons. The van der Waals surface area contributed by atoms with Gasteiger partial charge in [-0.1, -0.05) is 0 Å². The van der Waals surface area contributed by atoms with Crippen molar-refractivity contribution in [2.24, 2.45) is 5.92 Å². The van der Waals surface area contributed by atoms with E-state index >= 15 is 0 Å². The van der Waals surface area contributed by atoms with Crippen molar-refractivity contribution in [2.45, 2.75) is 44.6 Å². The zero-order chi connectivity index (χ0) is 19.0. The van der Waals surface area contributed by atoms with Crippen LogP contribution in [0.3, 0.4) is 0 Å². The SMILES string of the molecule is COCCC(=O)N1CC[C@@H](c2nc3c(c(=O)[nH]2)CCN(C(=O)C2CC2)C3)C1. The largest absolute Gasteiger partial charge is 0.384 e. The van der Waals surface area contributed by atoms with E-state index in [2.05, 4.69) is 4.98 Å². The average molecular weight is 374 g/mol. The molecule has 1 aromatic rings. The fourth-order valence-corrected chi connectivity index (χ4v) is 3.99. The van der Waals surface area contributed by atoms with E-state index in [0.29, 0.717) is 57.0 Å². The molecule has 1 aromatic heterocycles. The highest BCUT2D eigenvalue weighted by molar-refractivity contribution is 5.81. The van der Waals surface area contributed by atoms with Crippen molar-refractivity contribution in [1.29, 1.82) is 0 Å². The molecule has 1 aliphatic carbocycles. The predicted molar refractivity (Wildman–Crippen MR) is 97.1 cm³/mol. The van der Waals surface area contributed by atoms with Crippen LogP contribution in [0.5, 0.6) is 0 Å². The van der Waals surface area contributed by atoms with Gasteiger partial charge in [-0.05, 0) is 25.7 Å². The minimum atomic E-state index is -0.0994. The molecule has 0 unspecified atom stereocenters. The second-order valence-corrected chi connectivity index (χ2v) is 7.73. The van der Waals surface area contributed by atoms with Gasteiger partial charge in [0.1, 0.15) is 5.82 Å². The number of carbonyl (C=O) groups is 2. The van der Waals surface area contributed by atoms with Gasteiger partial charge in [-0.3, -0.25) is 14.4 Å². The number of nitrogens with zero attached hydrogens (tertiary/aromatic N) is 3. The van der Waals surface area contributed by atoms with Crippen LogP contribution in [0.1, 0.15) is 48.7 Å².